The van der Waals surface area contributed by atoms with Crippen molar-refractivity contribution in [3.8, 4) is 11.5 Å². The van der Waals surface area contributed by atoms with Crippen LogP contribution in [-0.2, 0) is 4.79 Å². The number of para-hydroxylation sites is 2. The van der Waals surface area contributed by atoms with Gasteiger partial charge in [-0.25, -0.2) is 0 Å². The molecule has 1 heterocycles. The molecule has 1 aliphatic heterocycles. The molecule has 0 bridgehead atoms. The van der Waals surface area contributed by atoms with Crippen LogP contribution in [0.4, 0.5) is 0 Å². The fourth-order valence-corrected chi connectivity index (χ4v) is 2.31. The molecule has 1 atom stereocenters. The maximum absolute atomic E-state index is 11.9. The van der Waals surface area contributed by atoms with Gasteiger partial charge in [0.25, 0.3) is 0 Å². The fourth-order valence-electron chi connectivity index (χ4n) is 2.18. The first-order valence-electron chi connectivity index (χ1n) is 7.31. The van der Waals surface area contributed by atoms with E-state index in [1.54, 1.807) is 18.2 Å². The number of amides is 1. The van der Waals surface area contributed by atoms with Crippen molar-refractivity contribution in [1.29, 1.82) is 0 Å². The number of rotatable bonds is 4. The van der Waals surface area contributed by atoms with Crippen molar-refractivity contribution in [2.24, 2.45) is 0 Å². The van der Waals surface area contributed by atoms with Gasteiger partial charge < -0.3 is 14.8 Å². The fraction of sp³-hybridized carbons (Fsp3) is 0.167. The number of carbonyl (C=O) groups excluding carboxylic acids is 1. The molecule has 1 aliphatic rings. The molecule has 0 aromatic heterocycles. The van der Waals surface area contributed by atoms with E-state index < -0.39 is 0 Å². The minimum atomic E-state index is -0.196. The van der Waals surface area contributed by atoms with Crippen LogP contribution in [-0.4, -0.2) is 25.2 Å². The van der Waals surface area contributed by atoms with Crippen LogP contribution in [0.5, 0.6) is 11.5 Å². The van der Waals surface area contributed by atoms with Crippen molar-refractivity contribution >= 4 is 23.6 Å². The summed E-state index contributed by atoms with van der Waals surface area (Å²) in [6, 6.07) is 14.8. The third kappa shape index (κ3) is 4.27. The maximum Gasteiger partial charge on any atom is 0.244 e. The quantitative estimate of drug-likeness (QED) is 0.875. The van der Waals surface area contributed by atoms with Gasteiger partial charge in [-0.1, -0.05) is 35.9 Å². The van der Waals surface area contributed by atoms with E-state index in [-0.39, 0.29) is 12.0 Å². The van der Waals surface area contributed by atoms with Crippen LogP contribution >= 0.6 is 11.6 Å². The molecule has 0 radical (unpaired) electrons. The van der Waals surface area contributed by atoms with E-state index in [4.69, 9.17) is 21.1 Å². The van der Waals surface area contributed by atoms with Crippen LogP contribution in [0.2, 0.25) is 5.02 Å². The molecule has 23 heavy (non-hydrogen) atoms. The molecule has 4 nitrogen and oxygen atoms in total. The van der Waals surface area contributed by atoms with E-state index in [1.165, 1.54) is 6.08 Å². The van der Waals surface area contributed by atoms with E-state index in [9.17, 15) is 4.79 Å². The normalized spacial score (nSPS) is 16.3. The Morgan fingerprint density at radius 1 is 1.17 bits per heavy atom. The lowest BCUT2D eigenvalue weighted by Crippen LogP contribution is -2.40. The minimum absolute atomic E-state index is 0.178. The third-order valence-electron chi connectivity index (χ3n) is 3.37. The molecule has 0 fully saturated rings. The average Bonchev–Trinajstić information content (AvgIpc) is 2.59. The second-order valence-corrected chi connectivity index (χ2v) is 5.56. The molecule has 0 saturated carbocycles. The number of ether oxygens (including phenoxy) is 2. The van der Waals surface area contributed by atoms with Crippen molar-refractivity contribution in [3.63, 3.8) is 0 Å². The van der Waals surface area contributed by atoms with E-state index in [2.05, 4.69) is 5.32 Å². The van der Waals surface area contributed by atoms with Crippen LogP contribution in [0, 0.1) is 0 Å². The Kier molecular flexibility index (Phi) is 4.83. The van der Waals surface area contributed by atoms with Crippen molar-refractivity contribution in [3.05, 3.63) is 65.2 Å². The third-order valence-corrected chi connectivity index (χ3v) is 3.62. The molecule has 1 unspecified atom stereocenters. The lowest BCUT2D eigenvalue weighted by atomic mass is 10.2. The van der Waals surface area contributed by atoms with Crippen molar-refractivity contribution in [2.45, 2.75) is 6.10 Å². The molecule has 1 N–H and O–H groups in total. The summed E-state index contributed by atoms with van der Waals surface area (Å²) in [5, 5.41) is 3.48. The molecule has 0 spiro atoms. The molecule has 2 aromatic rings. The average molecular weight is 330 g/mol. The molecule has 2 aromatic carbocycles. The van der Waals surface area contributed by atoms with E-state index in [0.29, 0.717) is 23.9 Å². The lowest BCUT2D eigenvalue weighted by molar-refractivity contribution is -0.116. The molecule has 0 saturated heterocycles. The Bertz CT molecular complexity index is 712. The Balaban J connectivity index is 1.49. The highest BCUT2D eigenvalue weighted by atomic mass is 35.5. The smallest absolute Gasteiger partial charge is 0.244 e. The molecule has 1 amide bonds. The first kappa shape index (κ1) is 15.4. The summed E-state index contributed by atoms with van der Waals surface area (Å²) in [6.07, 6.45) is 3.03. The Morgan fingerprint density at radius 3 is 2.70 bits per heavy atom. The standard InChI is InChI=1S/C18H16ClNO3/c19-14-8-5-13(6-9-14)7-10-18(21)20-11-15-12-22-16-3-1-2-4-17(16)23-15/h1-10,15H,11-12H2,(H,20,21). The van der Waals surface area contributed by atoms with Gasteiger partial charge in [0.05, 0.1) is 6.54 Å². The van der Waals surface area contributed by atoms with Gasteiger partial charge in [0.2, 0.25) is 5.91 Å². The maximum atomic E-state index is 11.9. The molecular formula is C18H16ClNO3. The predicted octanol–water partition coefficient (Wildman–Crippen LogP) is 3.31. The summed E-state index contributed by atoms with van der Waals surface area (Å²) < 4.78 is 11.4. The summed E-state index contributed by atoms with van der Waals surface area (Å²) in [5.74, 6) is 1.26. The van der Waals surface area contributed by atoms with Crippen LogP contribution in [0.1, 0.15) is 5.56 Å². The second-order valence-electron chi connectivity index (χ2n) is 5.13. The number of nitrogens with one attached hydrogen (secondary N) is 1. The number of halogens is 1. The summed E-state index contributed by atoms with van der Waals surface area (Å²) in [7, 11) is 0. The largest absolute Gasteiger partial charge is 0.486 e. The Labute approximate surface area is 139 Å². The zero-order chi connectivity index (χ0) is 16.1. The van der Waals surface area contributed by atoms with Crippen molar-refractivity contribution in [1.82, 2.24) is 5.32 Å². The highest BCUT2D eigenvalue weighted by molar-refractivity contribution is 6.30. The second kappa shape index (κ2) is 7.20. The van der Waals surface area contributed by atoms with Gasteiger partial charge in [-0.15, -0.1) is 0 Å². The van der Waals surface area contributed by atoms with Gasteiger partial charge in [-0.05, 0) is 35.9 Å². The molecule has 5 heteroatoms. The van der Waals surface area contributed by atoms with Crippen LogP contribution < -0.4 is 14.8 Å². The minimum Gasteiger partial charge on any atom is -0.486 e. The SMILES string of the molecule is O=C(C=Cc1ccc(Cl)cc1)NCC1COc2ccccc2O1. The summed E-state index contributed by atoms with van der Waals surface area (Å²) in [5.41, 5.74) is 0.913. The predicted molar refractivity (Wildman–Crippen MR) is 89.8 cm³/mol. The number of hydrogen-bond donors (Lipinski definition) is 1. The topological polar surface area (TPSA) is 47.6 Å². The Morgan fingerprint density at radius 2 is 1.91 bits per heavy atom. The number of benzene rings is 2. The van der Waals surface area contributed by atoms with Crippen molar-refractivity contribution < 1.29 is 14.3 Å². The van der Waals surface area contributed by atoms with Gasteiger partial charge in [0.1, 0.15) is 12.7 Å². The van der Waals surface area contributed by atoms with Crippen LogP contribution in [0.25, 0.3) is 6.08 Å². The number of carbonyl (C=O) groups is 1. The first-order valence-corrected chi connectivity index (χ1v) is 7.68. The Hall–Kier alpha value is -2.46. The molecular weight excluding hydrogens is 314 g/mol. The lowest BCUT2D eigenvalue weighted by Gasteiger charge is -2.26. The molecule has 3 rings (SSSR count). The van der Waals surface area contributed by atoms with Crippen LogP contribution in [0.15, 0.2) is 54.6 Å². The van der Waals surface area contributed by atoms with Gasteiger partial charge >= 0.3 is 0 Å². The monoisotopic (exact) mass is 329 g/mol. The number of fused-ring (bicyclic) bond motifs is 1. The molecule has 118 valence electrons. The van der Waals surface area contributed by atoms with E-state index in [0.717, 1.165) is 11.3 Å². The zero-order valence-electron chi connectivity index (χ0n) is 12.4. The summed E-state index contributed by atoms with van der Waals surface area (Å²) in [4.78, 5) is 11.9. The van der Waals surface area contributed by atoms with E-state index in [1.807, 2.05) is 36.4 Å². The summed E-state index contributed by atoms with van der Waals surface area (Å²) >= 11 is 5.82. The highest BCUT2D eigenvalue weighted by Crippen LogP contribution is 2.30. The number of hydrogen-bond acceptors (Lipinski definition) is 3. The molecule has 0 aliphatic carbocycles. The van der Waals surface area contributed by atoms with Gasteiger partial charge in [-0.2, -0.15) is 0 Å². The van der Waals surface area contributed by atoms with Gasteiger partial charge in [0, 0.05) is 11.1 Å². The zero-order valence-corrected chi connectivity index (χ0v) is 13.1. The highest BCUT2D eigenvalue weighted by Gasteiger charge is 2.20. The first-order chi connectivity index (χ1) is 11.2. The van der Waals surface area contributed by atoms with Gasteiger partial charge in [-0.3, -0.25) is 4.79 Å². The van der Waals surface area contributed by atoms with Gasteiger partial charge in [0.15, 0.2) is 11.5 Å². The summed E-state index contributed by atoms with van der Waals surface area (Å²) in [6.45, 7) is 0.802. The van der Waals surface area contributed by atoms with Crippen molar-refractivity contribution in [2.75, 3.05) is 13.2 Å². The van der Waals surface area contributed by atoms with E-state index >= 15 is 0 Å². The van der Waals surface area contributed by atoms with Crippen LogP contribution in [0.3, 0.4) is 0 Å².